The van der Waals surface area contributed by atoms with Gasteiger partial charge in [-0.25, -0.2) is 0 Å². The van der Waals surface area contributed by atoms with Crippen LogP contribution in [0.3, 0.4) is 0 Å². The number of hydrogen-bond acceptors (Lipinski definition) is 16. The first-order valence-electron chi connectivity index (χ1n) is 2.67. The molecule has 0 aliphatic rings. The molecular formula is H4CeNO16S4-3. The Bertz CT molecular complexity index is 479. The average molecular weight is 542 g/mol. The molecule has 0 atom stereocenters. The van der Waals surface area contributed by atoms with E-state index in [1.165, 1.54) is 0 Å². The summed E-state index contributed by atoms with van der Waals surface area (Å²) in [6.45, 7) is 0. The maximum atomic E-state index is 8.52. The fourth-order valence-corrected chi connectivity index (χ4v) is 0. The molecule has 0 aromatic carbocycles. The van der Waals surface area contributed by atoms with Gasteiger partial charge in [0.1, 0.15) is 0 Å². The molecule has 0 radical (unpaired) electrons. The van der Waals surface area contributed by atoms with E-state index in [-0.39, 0.29) is 47.9 Å². The summed E-state index contributed by atoms with van der Waals surface area (Å²) in [4.78, 5) is 0. The monoisotopic (exact) mass is 542 g/mol. The molecule has 0 bridgehead atoms. The number of rotatable bonds is 0. The second kappa shape index (κ2) is 15.4. The third-order valence-corrected chi connectivity index (χ3v) is 0. The van der Waals surface area contributed by atoms with Crippen LogP contribution in [-0.4, -0.2) is 70.1 Å². The largest absolute Gasteiger partial charge is 4.00 e. The van der Waals surface area contributed by atoms with Crippen molar-refractivity contribution in [3.8, 4) is 0 Å². The van der Waals surface area contributed by atoms with Gasteiger partial charge in [0.05, 0.1) is 0 Å². The Balaban J connectivity index is -0.0000000376. The second-order valence-electron chi connectivity index (χ2n) is 1.63. The van der Waals surface area contributed by atoms with Crippen LogP contribution in [0, 0.1) is 41.7 Å². The Kier molecular flexibility index (Phi) is 26.8. The van der Waals surface area contributed by atoms with E-state index >= 15 is 0 Å². The van der Waals surface area contributed by atoms with Crippen LogP contribution >= 0.6 is 0 Å². The zero-order valence-electron chi connectivity index (χ0n) is 9.66. The van der Waals surface area contributed by atoms with Crippen LogP contribution in [0.2, 0.25) is 0 Å². The minimum Gasteiger partial charge on any atom is -0.759 e. The molecule has 17 nitrogen and oxygen atoms in total. The van der Waals surface area contributed by atoms with Gasteiger partial charge in [0.15, 0.2) is 0 Å². The molecule has 0 unspecified atom stereocenters. The molecular weight excluding hydrogens is 538 g/mol. The minimum absolute atomic E-state index is 0. The van der Waals surface area contributed by atoms with E-state index in [1.807, 2.05) is 0 Å². The Hall–Kier alpha value is 0.817. The molecule has 0 heterocycles. The van der Waals surface area contributed by atoms with Crippen LogP contribution in [0.25, 0.3) is 0 Å². The topological polar surface area (TPSA) is 358 Å². The molecule has 0 fully saturated rings. The van der Waals surface area contributed by atoms with Gasteiger partial charge in [-0.1, -0.05) is 0 Å². The van der Waals surface area contributed by atoms with Gasteiger partial charge in [-0.2, -0.15) is 0 Å². The first-order chi connectivity index (χ1) is 8.00. The van der Waals surface area contributed by atoms with Crippen molar-refractivity contribution in [1.82, 2.24) is 6.15 Å². The molecule has 0 aromatic heterocycles. The SMILES string of the molecule is O=S(=O)([O-])[O-].O=S(=O)([O-])[O-].O=S(=O)([O-])[O-].O=S(=O)([O-])[O-].[Ce+4].[NH4+]. The van der Waals surface area contributed by atoms with E-state index in [2.05, 4.69) is 0 Å². The van der Waals surface area contributed by atoms with Crippen molar-refractivity contribution >= 4 is 41.6 Å². The van der Waals surface area contributed by atoms with E-state index < -0.39 is 41.6 Å². The van der Waals surface area contributed by atoms with Gasteiger partial charge in [0.2, 0.25) is 0 Å². The van der Waals surface area contributed by atoms with Crippen LogP contribution < -0.4 is 6.15 Å². The molecule has 22 heteroatoms. The van der Waals surface area contributed by atoms with Crippen molar-refractivity contribution in [2.24, 2.45) is 0 Å². The maximum absolute atomic E-state index is 8.52. The summed E-state index contributed by atoms with van der Waals surface area (Å²) >= 11 is 0. The Morgan fingerprint density at radius 1 is 0.364 bits per heavy atom. The predicted molar refractivity (Wildman–Crippen MR) is 47.9 cm³/mol. The predicted octanol–water partition coefficient (Wildman–Crippen LogP) is -4.98. The fraction of sp³-hybridized carbons (Fsp3) is 0. The Labute approximate surface area is 158 Å². The quantitative estimate of drug-likeness (QED) is 0.221. The van der Waals surface area contributed by atoms with Crippen molar-refractivity contribution in [2.75, 3.05) is 0 Å². The molecule has 0 aliphatic heterocycles. The van der Waals surface area contributed by atoms with E-state index in [0.717, 1.165) is 0 Å². The van der Waals surface area contributed by atoms with Crippen molar-refractivity contribution in [3.63, 3.8) is 0 Å². The zero-order chi connectivity index (χ0) is 18.0. The van der Waals surface area contributed by atoms with Crippen LogP contribution in [0.1, 0.15) is 0 Å². The van der Waals surface area contributed by atoms with Crippen LogP contribution in [0.4, 0.5) is 0 Å². The summed E-state index contributed by atoms with van der Waals surface area (Å²) in [5.74, 6) is 0. The van der Waals surface area contributed by atoms with Gasteiger partial charge in [0.25, 0.3) is 0 Å². The number of quaternary nitrogens is 1. The summed E-state index contributed by atoms with van der Waals surface area (Å²) in [7, 11) is -20.7. The van der Waals surface area contributed by atoms with Crippen molar-refractivity contribution in [1.29, 1.82) is 0 Å². The second-order valence-corrected chi connectivity index (χ2v) is 4.90. The number of hydrogen-bond donors (Lipinski definition) is 1. The molecule has 0 rings (SSSR count). The van der Waals surface area contributed by atoms with Gasteiger partial charge in [-0.3, -0.25) is 33.7 Å². The molecule has 0 saturated heterocycles. The summed E-state index contributed by atoms with van der Waals surface area (Å²) in [6.07, 6.45) is 0. The molecule has 0 saturated carbocycles. The van der Waals surface area contributed by atoms with Crippen LogP contribution in [-0.2, 0) is 41.6 Å². The smallest absolute Gasteiger partial charge is 0.759 e. The third kappa shape index (κ3) is 12300. The molecule has 0 amide bonds. The standard InChI is InChI=1S/Ce.H3N.4H2O4S/c;;4*1-5(2,3)4/h;1H3;4*(H2,1,2,3,4)/q+4;;;;;/p-7. The van der Waals surface area contributed by atoms with Crippen LogP contribution in [0.15, 0.2) is 0 Å². The van der Waals surface area contributed by atoms with E-state index in [9.17, 15) is 0 Å². The van der Waals surface area contributed by atoms with Crippen LogP contribution in [0.5, 0.6) is 0 Å². The van der Waals surface area contributed by atoms with Gasteiger partial charge < -0.3 is 42.6 Å². The summed E-state index contributed by atoms with van der Waals surface area (Å²) in [5, 5.41) is 0. The van der Waals surface area contributed by atoms with Gasteiger partial charge in [0, 0.05) is 41.6 Å². The van der Waals surface area contributed by atoms with Crippen molar-refractivity contribution in [2.45, 2.75) is 0 Å². The van der Waals surface area contributed by atoms with Crippen molar-refractivity contribution < 1.29 is 112 Å². The van der Waals surface area contributed by atoms with E-state index in [4.69, 9.17) is 70.1 Å². The van der Waals surface area contributed by atoms with Gasteiger partial charge in [-0.15, -0.1) is 0 Å². The average Bonchev–Trinajstić information content (AvgIpc) is 1.62. The zero-order valence-corrected chi connectivity index (χ0v) is 16.1. The Morgan fingerprint density at radius 2 is 0.364 bits per heavy atom. The fourth-order valence-electron chi connectivity index (χ4n) is 0. The van der Waals surface area contributed by atoms with E-state index in [0.29, 0.717) is 0 Å². The molecule has 22 heavy (non-hydrogen) atoms. The minimum atomic E-state index is -5.17. The van der Waals surface area contributed by atoms with Gasteiger partial charge >= 0.3 is 41.7 Å². The summed E-state index contributed by atoms with van der Waals surface area (Å²) in [6, 6.07) is 0. The third-order valence-electron chi connectivity index (χ3n) is 0. The van der Waals surface area contributed by atoms with Gasteiger partial charge in [-0.05, 0) is 0 Å². The summed E-state index contributed by atoms with van der Waals surface area (Å²) in [5.41, 5.74) is 0. The van der Waals surface area contributed by atoms with Crippen molar-refractivity contribution in [3.05, 3.63) is 0 Å². The van der Waals surface area contributed by atoms with E-state index in [1.54, 1.807) is 0 Å². The molecule has 136 valence electrons. The maximum Gasteiger partial charge on any atom is 4.00 e. The normalized spacial score (nSPS) is 10.5. The molecule has 0 aromatic rings. The Morgan fingerprint density at radius 3 is 0.364 bits per heavy atom. The molecule has 4 N–H and O–H groups in total. The first-order valence-corrected chi connectivity index (χ1v) is 8.00. The summed E-state index contributed by atoms with van der Waals surface area (Å²) < 4.78 is 136. The first kappa shape index (κ1) is 38.4. The molecule has 0 spiro atoms. The molecule has 0 aliphatic carbocycles.